The summed E-state index contributed by atoms with van der Waals surface area (Å²) < 4.78 is 0. The number of likely N-dealkylation sites (tertiary alicyclic amines) is 1. The molecule has 1 fully saturated rings. The Bertz CT molecular complexity index is 185. The normalized spacial score (nSPS) is 28.6. The summed E-state index contributed by atoms with van der Waals surface area (Å²) in [5.74, 6) is 1.62. The molecule has 0 amide bonds. The van der Waals surface area contributed by atoms with Crippen molar-refractivity contribution in [1.82, 2.24) is 4.90 Å². The molecule has 90 valence electrons. The van der Waals surface area contributed by atoms with Crippen LogP contribution < -0.4 is 0 Å². The molecule has 0 aliphatic carbocycles. The summed E-state index contributed by atoms with van der Waals surface area (Å²) >= 11 is 6.06. The summed E-state index contributed by atoms with van der Waals surface area (Å²) in [6.07, 6.45) is 3.88. The van der Waals surface area contributed by atoms with Crippen LogP contribution in [0.15, 0.2) is 0 Å². The Labute approximate surface area is 100 Å². The first-order chi connectivity index (χ1) is 6.99. The molecule has 0 unspecified atom stereocenters. The van der Waals surface area contributed by atoms with Crippen LogP contribution in [0.1, 0.15) is 47.0 Å². The summed E-state index contributed by atoms with van der Waals surface area (Å²) in [4.78, 5) is 2.60. The maximum absolute atomic E-state index is 6.06. The van der Waals surface area contributed by atoms with Crippen LogP contribution in [0.25, 0.3) is 0 Å². The average molecular weight is 232 g/mol. The zero-order chi connectivity index (χ0) is 11.5. The predicted octanol–water partition coefficient (Wildman–Crippen LogP) is 3.76. The largest absolute Gasteiger partial charge is 0.299 e. The van der Waals surface area contributed by atoms with Crippen molar-refractivity contribution in [1.29, 1.82) is 0 Å². The molecule has 0 radical (unpaired) electrons. The molecule has 15 heavy (non-hydrogen) atoms. The SMILES string of the molecule is CCCCN1C[C@@H](C(C)(C)C)C[C@H]1CCl. The highest BCUT2D eigenvalue weighted by atomic mass is 35.5. The van der Waals surface area contributed by atoms with Crippen LogP contribution in [0.5, 0.6) is 0 Å². The number of nitrogens with zero attached hydrogens (tertiary/aromatic N) is 1. The second-order valence-corrected chi connectivity index (χ2v) is 6.26. The Morgan fingerprint density at radius 1 is 1.33 bits per heavy atom. The Morgan fingerprint density at radius 3 is 2.47 bits per heavy atom. The van der Waals surface area contributed by atoms with E-state index in [0.29, 0.717) is 11.5 Å². The summed E-state index contributed by atoms with van der Waals surface area (Å²) in [6.45, 7) is 11.8. The lowest BCUT2D eigenvalue weighted by molar-refractivity contribution is 0.221. The Hall–Kier alpha value is 0.250. The zero-order valence-electron chi connectivity index (χ0n) is 10.7. The summed E-state index contributed by atoms with van der Waals surface area (Å²) in [7, 11) is 0. The summed E-state index contributed by atoms with van der Waals surface area (Å²) in [5.41, 5.74) is 0.436. The fourth-order valence-corrected chi connectivity index (χ4v) is 2.73. The van der Waals surface area contributed by atoms with E-state index in [2.05, 4.69) is 32.6 Å². The van der Waals surface area contributed by atoms with E-state index in [-0.39, 0.29) is 0 Å². The first kappa shape index (κ1) is 13.3. The van der Waals surface area contributed by atoms with Crippen molar-refractivity contribution in [2.75, 3.05) is 19.0 Å². The van der Waals surface area contributed by atoms with Gasteiger partial charge in [0.25, 0.3) is 0 Å². The Morgan fingerprint density at radius 2 is 2.00 bits per heavy atom. The minimum atomic E-state index is 0.436. The lowest BCUT2D eigenvalue weighted by atomic mass is 9.79. The molecule has 0 aromatic carbocycles. The van der Waals surface area contributed by atoms with Gasteiger partial charge in [-0.25, -0.2) is 0 Å². The molecule has 1 heterocycles. The molecule has 0 aromatic rings. The van der Waals surface area contributed by atoms with Crippen molar-refractivity contribution in [3.8, 4) is 0 Å². The highest BCUT2D eigenvalue weighted by Crippen LogP contribution is 2.37. The van der Waals surface area contributed by atoms with Gasteiger partial charge in [-0.3, -0.25) is 4.90 Å². The number of hydrogen-bond donors (Lipinski definition) is 0. The molecule has 0 spiro atoms. The maximum atomic E-state index is 6.06. The fraction of sp³-hybridized carbons (Fsp3) is 1.00. The molecule has 1 nitrogen and oxygen atoms in total. The molecule has 0 saturated carbocycles. The van der Waals surface area contributed by atoms with Gasteiger partial charge in [-0.05, 0) is 30.7 Å². The van der Waals surface area contributed by atoms with Crippen LogP contribution in [0.4, 0.5) is 0 Å². The van der Waals surface area contributed by atoms with Gasteiger partial charge < -0.3 is 0 Å². The topological polar surface area (TPSA) is 3.24 Å². The van der Waals surface area contributed by atoms with E-state index in [1.54, 1.807) is 0 Å². The van der Waals surface area contributed by atoms with Gasteiger partial charge in [0.15, 0.2) is 0 Å². The minimum absolute atomic E-state index is 0.436. The summed E-state index contributed by atoms with van der Waals surface area (Å²) in [6, 6.07) is 0.627. The summed E-state index contributed by atoms with van der Waals surface area (Å²) in [5, 5.41) is 0. The third-order valence-electron chi connectivity index (χ3n) is 3.73. The van der Waals surface area contributed by atoms with Crippen LogP contribution in [-0.4, -0.2) is 29.9 Å². The van der Waals surface area contributed by atoms with Crippen molar-refractivity contribution in [2.24, 2.45) is 11.3 Å². The second kappa shape index (κ2) is 5.54. The van der Waals surface area contributed by atoms with E-state index in [1.807, 2.05) is 0 Å². The van der Waals surface area contributed by atoms with Gasteiger partial charge in [-0.1, -0.05) is 34.1 Å². The fourth-order valence-electron chi connectivity index (χ4n) is 2.41. The smallest absolute Gasteiger partial charge is 0.0379 e. The van der Waals surface area contributed by atoms with E-state index in [0.717, 1.165) is 11.8 Å². The molecule has 1 saturated heterocycles. The van der Waals surface area contributed by atoms with E-state index < -0.39 is 0 Å². The van der Waals surface area contributed by atoms with Gasteiger partial charge in [-0.15, -0.1) is 11.6 Å². The molecule has 1 aliphatic heterocycles. The Balaban J connectivity index is 2.51. The van der Waals surface area contributed by atoms with E-state index in [4.69, 9.17) is 11.6 Å². The number of rotatable bonds is 4. The first-order valence-corrected chi connectivity index (χ1v) is 6.82. The quantitative estimate of drug-likeness (QED) is 0.666. The van der Waals surface area contributed by atoms with Gasteiger partial charge in [0.1, 0.15) is 0 Å². The molecule has 1 aliphatic rings. The van der Waals surface area contributed by atoms with E-state index in [1.165, 1.54) is 32.4 Å². The van der Waals surface area contributed by atoms with Crippen LogP contribution in [0, 0.1) is 11.3 Å². The standard InChI is InChI=1S/C13H26ClN/c1-5-6-7-15-10-11(13(2,3)4)8-12(15)9-14/h11-12H,5-10H2,1-4H3/t11-,12-/m0/s1. The lowest BCUT2D eigenvalue weighted by Crippen LogP contribution is -2.32. The highest BCUT2D eigenvalue weighted by Gasteiger charge is 2.37. The molecule has 0 aromatic heterocycles. The van der Waals surface area contributed by atoms with Gasteiger partial charge in [-0.2, -0.15) is 0 Å². The third-order valence-corrected chi connectivity index (χ3v) is 4.09. The van der Waals surface area contributed by atoms with Gasteiger partial charge in [0.2, 0.25) is 0 Å². The number of halogens is 1. The molecular weight excluding hydrogens is 206 g/mol. The highest BCUT2D eigenvalue weighted by molar-refractivity contribution is 6.18. The molecular formula is C13H26ClN. The Kier molecular flexibility index (Phi) is 4.92. The van der Waals surface area contributed by atoms with Crippen molar-refractivity contribution in [2.45, 2.75) is 53.0 Å². The third kappa shape index (κ3) is 3.64. The average Bonchev–Trinajstić information content (AvgIpc) is 2.57. The number of unbranched alkanes of at least 4 members (excludes halogenated alkanes) is 1. The van der Waals surface area contributed by atoms with Crippen molar-refractivity contribution in [3.63, 3.8) is 0 Å². The van der Waals surface area contributed by atoms with Crippen molar-refractivity contribution in [3.05, 3.63) is 0 Å². The van der Waals surface area contributed by atoms with Crippen LogP contribution in [0.3, 0.4) is 0 Å². The molecule has 2 heteroatoms. The van der Waals surface area contributed by atoms with Crippen LogP contribution in [-0.2, 0) is 0 Å². The predicted molar refractivity (Wildman–Crippen MR) is 68.6 cm³/mol. The van der Waals surface area contributed by atoms with E-state index in [9.17, 15) is 0 Å². The van der Waals surface area contributed by atoms with Crippen molar-refractivity contribution >= 4 is 11.6 Å². The monoisotopic (exact) mass is 231 g/mol. The van der Waals surface area contributed by atoms with Crippen LogP contribution in [0.2, 0.25) is 0 Å². The molecule has 0 bridgehead atoms. The number of hydrogen-bond acceptors (Lipinski definition) is 1. The molecule has 2 atom stereocenters. The van der Waals surface area contributed by atoms with Gasteiger partial charge in [0, 0.05) is 18.5 Å². The molecule has 0 N–H and O–H groups in total. The minimum Gasteiger partial charge on any atom is -0.299 e. The van der Waals surface area contributed by atoms with Crippen molar-refractivity contribution < 1.29 is 0 Å². The van der Waals surface area contributed by atoms with Gasteiger partial charge >= 0.3 is 0 Å². The zero-order valence-corrected chi connectivity index (χ0v) is 11.5. The first-order valence-electron chi connectivity index (χ1n) is 6.29. The maximum Gasteiger partial charge on any atom is 0.0379 e. The van der Waals surface area contributed by atoms with Gasteiger partial charge in [0.05, 0.1) is 0 Å². The van der Waals surface area contributed by atoms with Crippen LogP contribution >= 0.6 is 11.6 Å². The number of alkyl halides is 1. The second-order valence-electron chi connectivity index (χ2n) is 5.96. The molecule has 1 rings (SSSR count). The van der Waals surface area contributed by atoms with E-state index >= 15 is 0 Å². The lowest BCUT2D eigenvalue weighted by Gasteiger charge is -2.27.